The van der Waals surface area contributed by atoms with E-state index in [4.69, 9.17) is 0 Å². The fraction of sp³-hybridized carbons (Fsp3) is 0.529. The van der Waals surface area contributed by atoms with Gasteiger partial charge in [-0.1, -0.05) is 43.7 Å². The van der Waals surface area contributed by atoms with Gasteiger partial charge in [0.05, 0.1) is 13.2 Å². The first kappa shape index (κ1) is 19.3. The monoisotopic (exact) mass is 294 g/mol. The predicted octanol–water partition coefficient (Wildman–Crippen LogP) is 3.12. The molecular weight excluding hydrogens is 268 g/mol. The molecule has 4 nitrogen and oxygen atoms in total. The van der Waals surface area contributed by atoms with Gasteiger partial charge in [-0.2, -0.15) is 0 Å². The average Bonchev–Trinajstić information content (AvgIpc) is 2.49. The van der Waals surface area contributed by atoms with Gasteiger partial charge in [-0.05, 0) is 25.3 Å². The maximum absolute atomic E-state index is 11.5. The molecule has 0 aromatic carbocycles. The van der Waals surface area contributed by atoms with Crippen molar-refractivity contribution in [2.24, 2.45) is 0 Å². The molecule has 0 saturated carbocycles. The number of aliphatic hydroxyl groups is 1. The molecule has 1 unspecified atom stereocenters. The quantitative estimate of drug-likeness (QED) is 0.275. The molecule has 0 aliphatic carbocycles. The van der Waals surface area contributed by atoms with Crippen LogP contribution in [0, 0.1) is 0 Å². The van der Waals surface area contributed by atoms with Crippen LogP contribution in [0.2, 0.25) is 0 Å². The number of carbonyl (C=O) groups is 2. The molecule has 0 aromatic rings. The first-order valence-electron chi connectivity index (χ1n) is 7.39. The predicted molar refractivity (Wildman–Crippen MR) is 83.8 cm³/mol. The van der Waals surface area contributed by atoms with Gasteiger partial charge in [0.25, 0.3) is 0 Å². The number of allylic oxidation sites excluding steroid dienone is 5. The van der Waals surface area contributed by atoms with E-state index >= 15 is 0 Å². The number of ketones is 1. The second-order valence-electron chi connectivity index (χ2n) is 4.71. The van der Waals surface area contributed by atoms with Gasteiger partial charge in [-0.3, -0.25) is 9.59 Å². The molecule has 1 atom stereocenters. The number of hydrogen-bond acceptors (Lipinski definition) is 4. The molecule has 0 saturated heterocycles. The maximum Gasteiger partial charge on any atom is 0.305 e. The summed E-state index contributed by atoms with van der Waals surface area (Å²) in [5, 5.41) is 9.27. The zero-order valence-corrected chi connectivity index (χ0v) is 13.0. The first-order valence-corrected chi connectivity index (χ1v) is 7.39. The summed E-state index contributed by atoms with van der Waals surface area (Å²) in [6.45, 7) is 1.91. The fourth-order valence-corrected chi connectivity index (χ4v) is 1.55. The first-order chi connectivity index (χ1) is 10.1. The Hall–Kier alpha value is -1.68. The van der Waals surface area contributed by atoms with Gasteiger partial charge < -0.3 is 9.84 Å². The molecular formula is C17H26O4. The van der Waals surface area contributed by atoms with Crippen LogP contribution in [0.4, 0.5) is 0 Å². The van der Waals surface area contributed by atoms with E-state index in [1.165, 1.54) is 7.11 Å². The standard InChI is InChI=1S/C17H26O4/c1-3-15(18)11-7-4-5-8-12-16(19)13-9-6-10-14-17(20)21-2/h4-5,7-8,11-12,15,18H,3,6,9-10,13-14H2,1-2H3. The van der Waals surface area contributed by atoms with Gasteiger partial charge in [-0.25, -0.2) is 0 Å². The molecule has 0 fully saturated rings. The normalized spacial score (nSPS) is 13.3. The lowest BCUT2D eigenvalue weighted by Gasteiger charge is -1.98. The lowest BCUT2D eigenvalue weighted by Crippen LogP contribution is -1.99. The second-order valence-corrected chi connectivity index (χ2v) is 4.71. The minimum atomic E-state index is -0.412. The Morgan fingerprint density at radius 2 is 1.71 bits per heavy atom. The minimum Gasteiger partial charge on any atom is -0.469 e. The van der Waals surface area contributed by atoms with Gasteiger partial charge >= 0.3 is 5.97 Å². The van der Waals surface area contributed by atoms with Crippen molar-refractivity contribution in [1.82, 2.24) is 0 Å². The van der Waals surface area contributed by atoms with Crippen molar-refractivity contribution >= 4 is 11.8 Å². The maximum atomic E-state index is 11.5. The van der Waals surface area contributed by atoms with E-state index in [0.29, 0.717) is 19.3 Å². The minimum absolute atomic E-state index is 0.0790. The Bertz CT molecular complexity index is 380. The Kier molecular flexibility index (Phi) is 12.2. The number of esters is 1. The van der Waals surface area contributed by atoms with Crippen LogP contribution in [-0.4, -0.2) is 30.1 Å². The average molecular weight is 294 g/mol. The second kappa shape index (κ2) is 13.3. The number of carbonyl (C=O) groups excluding carboxylic acids is 2. The molecule has 0 aliphatic rings. The van der Waals surface area contributed by atoms with Gasteiger partial charge in [0.15, 0.2) is 5.78 Å². The highest BCUT2D eigenvalue weighted by Crippen LogP contribution is 2.04. The smallest absolute Gasteiger partial charge is 0.305 e. The van der Waals surface area contributed by atoms with Crippen molar-refractivity contribution in [2.75, 3.05) is 7.11 Å². The largest absolute Gasteiger partial charge is 0.469 e. The Morgan fingerprint density at radius 1 is 1.05 bits per heavy atom. The number of aliphatic hydroxyl groups excluding tert-OH is 1. The van der Waals surface area contributed by atoms with E-state index in [2.05, 4.69) is 4.74 Å². The van der Waals surface area contributed by atoms with E-state index < -0.39 is 6.10 Å². The van der Waals surface area contributed by atoms with Crippen molar-refractivity contribution in [1.29, 1.82) is 0 Å². The number of ether oxygens (including phenoxy) is 1. The van der Waals surface area contributed by atoms with Crippen molar-refractivity contribution in [3.63, 3.8) is 0 Å². The van der Waals surface area contributed by atoms with E-state index in [0.717, 1.165) is 19.3 Å². The van der Waals surface area contributed by atoms with Gasteiger partial charge in [0.2, 0.25) is 0 Å². The third-order valence-electron chi connectivity index (χ3n) is 2.90. The van der Waals surface area contributed by atoms with E-state index in [-0.39, 0.29) is 11.8 Å². The molecule has 0 radical (unpaired) electrons. The molecule has 0 spiro atoms. The fourth-order valence-electron chi connectivity index (χ4n) is 1.55. The zero-order chi connectivity index (χ0) is 15.9. The summed E-state index contributed by atoms with van der Waals surface area (Å²) >= 11 is 0. The summed E-state index contributed by atoms with van der Waals surface area (Å²) in [5.41, 5.74) is 0. The van der Waals surface area contributed by atoms with Gasteiger partial charge in [0, 0.05) is 12.8 Å². The van der Waals surface area contributed by atoms with Crippen LogP contribution >= 0.6 is 0 Å². The van der Waals surface area contributed by atoms with Crippen LogP contribution in [-0.2, 0) is 14.3 Å². The molecule has 21 heavy (non-hydrogen) atoms. The van der Waals surface area contributed by atoms with E-state index in [1.807, 2.05) is 6.92 Å². The Labute approximate surface area is 127 Å². The molecule has 0 heterocycles. The molecule has 118 valence electrons. The topological polar surface area (TPSA) is 63.6 Å². The highest BCUT2D eigenvalue weighted by atomic mass is 16.5. The van der Waals surface area contributed by atoms with Crippen LogP contribution in [0.3, 0.4) is 0 Å². The Balaban J connectivity index is 3.69. The number of rotatable bonds is 11. The van der Waals surface area contributed by atoms with Crippen LogP contribution in [0.15, 0.2) is 36.5 Å². The summed E-state index contributed by atoms with van der Waals surface area (Å²) in [6.07, 6.45) is 13.8. The van der Waals surface area contributed by atoms with Crippen molar-refractivity contribution in [2.45, 2.75) is 51.6 Å². The molecule has 1 N–H and O–H groups in total. The van der Waals surface area contributed by atoms with Gasteiger partial charge in [-0.15, -0.1) is 0 Å². The molecule has 0 aromatic heterocycles. The summed E-state index contributed by atoms with van der Waals surface area (Å²) in [5.74, 6) is -0.122. The van der Waals surface area contributed by atoms with Crippen LogP contribution in [0.5, 0.6) is 0 Å². The van der Waals surface area contributed by atoms with Crippen LogP contribution in [0.1, 0.15) is 45.4 Å². The van der Waals surface area contributed by atoms with Gasteiger partial charge in [0.1, 0.15) is 0 Å². The summed E-state index contributed by atoms with van der Waals surface area (Å²) < 4.78 is 4.54. The van der Waals surface area contributed by atoms with E-state index in [9.17, 15) is 14.7 Å². The highest BCUT2D eigenvalue weighted by molar-refractivity contribution is 5.89. The SMILES string of the molecule is CCC(O)C=CC=CC=CC(=O)CCCCCC(=O)OC. The lowest BCUT2D eigenvalue weighted by molar-refractivity contribution is -0.140. The van der Waals surface area contributed by atoms with Crippen molar-refractivity contribution in [3.05, 3.63) is 36.5 Å². The summed E-state index contributed by atoms with van der Waals surface area (Å²) in [6, 6.07) is 0. The number of methoxy groups -OCH3 is 1. The zero-order valence-electron chi connectivity index (χ0n) is 13.0. The van der Waals surface area contributed by atoms with Crippen molar-refractivity contribution < 1.29 is 19.4 Å². The number of hydrogen-bond donors (Lipinski definition) is 1. The lowest BCUT2D eigenvalue weighted by atomic mass is 10.1. The summed E-state index contributed by atoms with van der Waals surface area (Å²) in [4.78, 5) is 22.4. The highest BCUT2D eigenvalue weighted by Gasteiger charge is 2.00. The molecule has 4 heteroatoms. The number of unbranched alkanes of at least 4 members (excludes halogenated alkanes) is 2. The molecule has 0 amide bonds. The van der Waals surface area contributed by atoms with Crippen molar-refractivity contribution in [3.8, 4) is 0 Å². The van der Waals surface area contributed by atoms with Crippen LogP contribution in [0.25, 0.3) is 0 Å². The molecule has 0 aliphatic heterocycles. The van der Waals surface area contributed by atoms with E-state index in [1.54, 1.807) is 36.5 Å². The molecule has 0 bridgehead atoms. The third-order valence-corrected chi connectivity index (χ3v) is 2.90. The third kappa shape index (κ3) is 13.1. The molecule has 0 rings (SSSR count). The van der Waals surface area contributed by atoms with Crippen LogP contribution < -0.4 is 0 Å². The Morgan fingerprint density at radius 3 is 2.38 bits per heavy atom. The summed E-state index contributed by atoms with van der Waals surface area (Å²) in [7, 11) is 1.38.